The number of thioether (sulfide) groups is 1. The minimum absolute atomic E-state index is 0.293. The first-order valence-electron chi connectivity index (χ1n) is 6.00. The number of aryl methyl sites for hydroxylation is 1. The summed E-state index contributed by atoms with van der Waals surface area (Å²) in [5, 5.41) is 3.25. The van der Waals surface area contributed by atoms with Gasteiger partial charge in [0.05, 0.1) is 0 Å². The summed E-state index contributed by atoms with van der Waals surface area (Å²) in [6.07, 6.45) is 1.84. The smallest absolute Gasteiger partial charge is 0.227 e. The first kappa shape index (κ1) is 14.0. The van der Waals surface area contributed by atoms with Gasteiger partial charge >= 0.3 is 0 Å². The Morgan fingerprint density at radius 3 is 2.71 bits per heavy atom. The van der Waals surface area contributed by atoms with E-state index in [4.69, 9.17) is 5.73 Å². The van der Waals surface area contributed by atoms with E-state index in [1.54, 1.807) is 0 Å². The number of nitrogens with one attached hydrogen (secondary N) is 1. The van der Waals surface area contributed by atoms with Crippen molar-refractivity contribution in [1.82, 2.24) is 15.0 Å². The molecule has 0 radical (unpaired) electrons. The minimum Gasteiger partial charge on any atom is -0.368 e. The molecule has 1 aromatic heterocycles. The van der Waals surface area contributed by atoms with Gasteiger partial charge in [-0.1, -0.05) is 13.8 Å². The molecule has 0 aliphatic heterocycles. The second-order valence-corrected chi connectivity index (χ2v) is 5.21. The summed E-state index contributed by atoms with van der Waals surface area (Å²) < 4.78 is 0. The number of anilines is 2. The van der Waals surface area contributed by atoms with Crippen molar-refractivity contribution in [2.45, 2.75) is 39.7 Å². The van der Waals surface area contributed by atoms with Crippen molar-refractivity contribution in [1.29, 1.82) is 0 Å². The van der Waals surface area contributed by atoms with Crippen molar-refractivity contribution >= 4 is 23.7 Å². The van der Waals surface area contributed by atoms with Crippen molar-refractivity contribution in [2.24, 2.45) is 0 Å². The first-order valence-corrected chi connectivity index (χ1v) is 7.15. The van der Waals surface area contributed by atoms with Crippen LogP contribution in [0.1, 0.15) is 33.0 Å². The van der Waals surface area contributed by atoms with Crippen LogP contribution >= 0.6 is 11.8 Å². The molecule has 0 aliphatic carbocycles. The highest BCUT2D eigenvalue weighted by Crippen LogP contribution is 2.09. The highest BCUT2D eigenvalue weighted by molar-refractivity contribution is 7.99. The summed E-state index contributed by atoms with van der Waals surface area (Å²) in [5.41, 5.74) is 5.66. The predicted molar refractivity (Wildman–Crippen MR) is 74.3 cm³/mol. The predicted octanol–water partition coefficient (Wildman–Crippen LogP) is 1.96. The molecule has 0 saturated carbocycles. The van der Waals surface area contributed by atoms with Gasteiger partial charge in [0.15, 0.2) is 0 Å². The molecule has 6 heteroatoms. The van der Waals surface area contributed by atoms with E-state index in [9.17, 15) is 0 Å². The molecule has 0 aromatic carbocycles. The zero-order valence-corrected chi connectivity index (χ0v) is 11.5. The van der Waals surface area contributed by atoms with Gasteiger partial charge in [-0.15, -0.1) is 0 Å². The zero-order chi connectivity index (χ0) is 12.7. The van der Waals surface area contributed by atoms with E-state index in [-0.39, 0.29) is 0 Å². The molecule has 1 unspecified atom stereocenters. The molecule has 3 N–H and O–H groups in total. The van der Waals surface area contributed by atoms with Gasteiger partial charge in [0, 0.05) is 18.2 Å². The molecule has 0 saturated heterocycles. The van der Waals surface area contributed by atoms with Crippen LogP contribution in [0.5, 0.6) is 0 Å². The molecule has 1 atom stereocenters. The number of rotatable bonds is 7. The molecule has 0 bridgehead atoms. The number of nitrogens with two attached hydrogens (primary N) is 1. The standard InChI is InChI=1S/C11H21N5S/c1-4-6-9-14-10(12)16-11(15-9)13-8(3)7-17-5-2/h8H,4-7H2,1-3H3,(H3,12,13,14,15,16). The Kier molecular flexibility index (Phi) is 6.04. The molecule has 0 spiro atoms. The fourth-order valence-corrected chi connectivity index (χ4v) is 2.07. The summed E-state index contributed by atoms with van der Waals surface area (Å²) in [6, 6.07) is 0.330. The van der Waals surface area contributed by atoms with Crippen LogP contribution in [0.3, 0.4) is 0 Å². The van der Waals surface area contributed by atoms with Gasteiger partial charge in [-0.25, -0.2) is 0 Å². The van der Waals surface area contributed by atoms with Gasteiger partial charge in [0.25, 0.3) is 0 Å². The van der Waals surface area contributed by atoms with Gasteiger partial charge in [-0.3, -0.25) is 0 Å². The number of nitrogens with zero attached hydrogens (tertiary/aromatic N) is 3. The van der Waals surface area contributed by atoms with Gasteiger partial charge in [0.1, 0.15) is 5.82 Å². The molecule has 1 heterocycles. The first-order chi connectivity index (χ1) is 8.15. The average molecular weight is 255 g/mol. The van der Waals surface area contributed by atoms with E-state index in [0.717, 1.165) is 30.2 Å². The summed E-state index contributed by atoms with van der Waals surface area (Å²) >= 11 is 1.89. The monoisotopic (exact) mass is 255 g/mol. The van der Waals surface area contributed by atoms with E-state index in [1.807, 2.05) is 11.8 Å². The summed E-state index contributed by atoms with van der Waals surface area (Å²) in [4.78, 5) is 12.6. The maximum absolute atomic E-state index is 5.66. The van der Waals surface area contributed by atoms with Crippen molar-refractivity contribution < 1.29 is 0 Å². The molecule has 96 valence electrons. The zero-order valence-electron chi connectivity index (χ0n) is 10.7. The third-order valence-corrected chi connectivity index (χ3v) is 3.26. The van der Waals surface area contributed by atoms with Crippen molar-refractivity contribution in [3.63, 3.8) is 0 Å². The van der Waals surface area contributed by atoms with E-state index in [1.165, 1.54) is 0 Å². The highest BCUT2D eigenvalue weighted by atomic mass is 32.2. The quantitative estimate of drug-likeness (QED) is 0.775. The van der Waals surface area contributed by atoms with Gasteiger partial charge in [-0.2, -0.15) is 26.7 Å². The van der Waals surface area contributed by atoms with Crippen LogP contribution < -0.4 is 11.1 Å². The number of aromatic nitrogens is 3. The number of hydrogen-bond donors (Lipinski definition) is 2. The van der Waals surface area contributed by atoms with Gasteiger partial charge in [0.2, 0.25) is 11.9 Å². The Hall–Kier alpha value is -1.04. The lowest BCUT2D eigenvalue weighted by atomic mass is 10.3. The lowest BCUT2D eigenvalue weighted by Gasteiger charge is -2.13. The topological polar surface area (TPSA) is 76.7 Å². The molecule has 5 nitrogen and oxygen atoms in total. The van der Waals surface area contributed by atoms with Crippen LogP contribution in [0.15, 0.2) is 0 Å². The summed E-state index contributed by atoms with van der Waals surface area (Å²) in [5.74, 6) is 3.79. The van der Waals surface area contributed by atoms with Crippen molar-refractivity contribution in [3.8, 4) is 0 Å². The molecule has 17 heavy (non-hydrogen) atoms. The normalized spacial score (nSPS) is 12.4. The Bertz CT molecular complexity index is 345. The molecule has 1 rings (SSSR count). The average Bonchev–Trinajstić information content (AvgIpc) is 2.26. The Balaban J connectivity index is 2.63. The van der Waals surface area contributed by atoms with Gasteiger partial charge in [-0.05, 0) is 19.1 Å². The van der Waals surface area contributed by atoms with Crippen LogP contribution in [0.4, 0.5) is 11.9 Å². The van der Waals surface area contributed by atoms with Crippen LogP contribution in [-0.4, -0.2) is 32.5 Å². The number of nitrogen functional groups attached to an aromatic ring is 1. The Labute approximate surface area is 107 Å². The summed E-state index contributed by atoms with van der Waals surface area (Å²) in [6.45, 7) is 6.35. The molecule has 1 aromatic rings. The Morgan fingerprint density at radius 1 is 1.29 bits per heavy atom. The van der Waals surface area contributed by atoms with E-state index < -0.39 is 0 Å². The van der Waals surface area contributed by atoms with Crippen LogP contribution in [0, 0.1) is 0 Å². The lowest BCUT2D eigenvalue weighted by molar-refractivity contribution is 0.807. The van der Waals surface area contributed by atoms with Crippen molar-refractivity contribution in [3.05, 3.63) is 5.82 Å². The van der Waals surface area contributed by atoms with Gasteiger partial charge < -0.3 is 11.1 Å². The van der Waals surface area contributed by atoms with E-state index in [2.05, 4.69) is 41.0 Å². The lowest BCUT2D eigenvalue weighted by Crippen LogP contribution is -2.21. The maximum atomic E-state index is 5.66. The van der Waals surface area contributed by atoms with Crippen molar-refractivity contribution in [2.75, 3.05) is 22.6 Å². The van der Waals surface area contributed by atoms with Crippen LogP contribution in [0.25, 0.3) is 0 Å². The third kappa shape index (κ3) is 5.21. The molecular weight excluding hydrogens is 234 g/mol. The molecule has 0 fully saturated rings. The van der Waals surface area contributed by atoms with E-state index >= 15 is 0 Å². The van der Waals surface area contributed by atoms with Crippen LogP contribution in [0.2, 0.25) is 0 Å². The third-order valence-electron chi connectivity index (χ3n) is 2.12. The summed E-state index contributed by atoms with van der Waals surface area (Å²) in [7, 11) is 0. The SMILES string of the molecule is CCCc1nc(N)nc(NC(C)CSCC)n1. The molecular formula is C11H21N5S. The largest absolute Gasteiger partial charge is 0.368 e. The fraction of sp³-hybridized carbons (Fsp3) is 0.727. The minimum atomic E-state index is 0.293. The second kappa shape index (κ2) is 7.32. The van der Waals surface area contributed by atoms with Crippen LogP contribution in [-0.2, 0) is 6.42 Å². The second-order valence-electron chi connectivity index (χ2n) is 3.89. The number of hydrogen-bond acceptors (Lipinski definition) is 6. The maximum Gasteiger partial charge on any atom is 0.227 e. The fourth-order valence-electron chi connectivity index (χ4n) is 1.39. The Morgan fingerprint density at radius 2 is 2.06 bits per heavy atom. The van der Waals surface area contributed by atoms with E-state index in [0.29, 0.717) is 17.9 Å². The molecule has 0 aliphatic rings. The molecule has 0 amide bonds. The highest BCUT2D eigenvalue weighted by Gasteiger charge is 2.07.